The second-order valence-corrected chi connectivity index (χ2v) is 12.1. The highest BCUT2D eigenvalue weighted by molar-refractivity contribution is 7.89. The number of hydrogen-bond acceptors (Lipinski definition) is 8. The summed E-state index contributed by atoms with van der Waals surface area (Å²) >= 11 is 0. The molecule has 14 heteroatoms. The number of aryl methyl sites for hydroxylation is 1. The third kappa shape index (κ3) is 8.29. The molecule has 1 aromatic carbocycles. The van der Waals surface area contributed by atoms with E-state index in [-0.39, 0.29) is 31.1 Å². The van der Waals surface area contributed by atoms with Gasteiger partial charge in [0.05, 0.1) is 42.4 Å². The average molecular weight is 538 g/mol. The minimum absolute atomic E-state index is 0.0396. The number of nitrogens with zero attached hydrogens (tertiary/aromatic N) is 7. The molecule has 2 fully saturated rings. The predicted molar refractivity (Wildman–Crippen MR) is 135 cm³/mol. The Labute approximate surface area is 217 Å². The molecule has 37 heavy (non-hydrogen) atoms. The number of azide groups is 2. The van der Waals surface area contributed by atoms with Gasteiger partial charge in [0.25, 0.3) is 0 Å². The van der Waals surface area contributed by atoms with Gasteiger partial charge in [-0.15, -0.1) is 0 Å². The number of hydrogen-bond donors (Lipinski definition) is 0. The summed E-state index contributed by atoms with van der Waals surface area (Å²) in [5.74, 6) is -1.98. The highest BCUT2D eigenvalue weighted by Gasteiger charge is 2.41. The van der Waals surface area contributed by atoms with E-state index < -0.39 is 46.0 Å². The standard InChI is InChI=1S/C23H35N7O6S/c1-16-6-8-21(9-7-16)37(31,32)30(14-19-10-17(12-26-28-24)33-22(2,3)35-19)15-20-11-18(13-27-29-25)34-23(4,5)36-20/h6-9,17-20H,10-15H2,1-5H3/t17-,18-,19+,20+/m0/s1. The predicted octanol–water partition coefficient (Wildman–Crippen LogP) is 4.43. The van der Waals surface area contributed by atoms with Gasteiger partial charge in [0.2, 0.25) is 10.0 Å². The van der Waals surface area contributed by atoms with Gasteiger partial charge < -0.3 is 18.9 Å². The normalized spacial score (nSPS) is 27.2. The lowest BCUT2D eigenvalue weighted by atomic mass is 10.1. The zero-order valence-corrected chi connectivity index (χ0v) is 22.7. The van der Waals surface area contributed by atoms with E-state index in [1.54, 1.807) is 52.0 Å². The first-order valence-corrected chi connectivity index (χ1v) is 13.6. The molecule has 13 nitrogen and oxygen atoms in total. The first-order chi connectivity index (χ1) is 17.3. The van der Waals surface area contributed by atoms with Crippen molar-refractivity contribution < 1.29 is 27.4 Å². The fourth-order valence-corrected chi connectivity index (χ4v) is 6.23. The van der Waals surface area contributed by atoms with Crippen LogP contribution in [0.2, 0.25) is 0 Å². The van der Waals surface area contributed by atoms with Gasteiger partial charge in [0, 0.05) is 35.8 Å². The van der Waals surface area contributed by atoms with Gasteiger partial charge in [-0.25, -0.2) is 8.42 Å². The van der Waals surface area contributed by atoms with Gasteiger partial charge in [0.1, 0.15) is 0 Å². The molecule has 2 saturated heterocycles. The lowest BCUT2D eigenvalue weighted by molar-refractivity contribution is -0.303. The van der Waals surface area contributed by atoms with Crippen LogP contribution in [0, 0.1) is 6.92 Å². The van der Waals surface area contributed by atoms with Crippen LogP contribution in [0.25, 0.3) is 20.9 Å². The lowest BCUT2D eigenvalue weighted by Gasteiger charge is -2.44. The van der Waals surface area contributed by atoms with Crippen LogP contribution in [-0.2, 0) is 29.0 Å². The van der Waals surface area contributed by atoms with Gasteiger partial charge in [0.15, 0.2) is 11.6 Å². The van der Waals surface area contributed by atoms with Crippen molar-refractivity contribution in [3.63, 3.8) is 0 Å². The summed E-state index contributed by atoms with van der Waals surface area (Å²) in [4.78, 5) is 5.78. The maximum absolute atomic E-state index is 13.8. The number of ether oxygens (including phenoxy) is 4. The van der Waals surface area contributed by atoms with E-state index in [1.807, 2.05) is 6.92 Å². The summed E-state index contributed by atoms with van der Waals surface area (Å²) in [6, 6.07) is 6.66. The second kappa shape index (κ2) is 12.0. The Balaban J connectivity index is 1.89. The van der Waals surface area contributed by atoms with Crippen molar-refractivity contribution in [3.8, 4) is 0 Å². The van der Waals surface area contributed by atoms with Gasteiger partial charge in [-0.05, 0) is 57.8 Å². The van der Waals surface area contributed by atoms with Crippen LogP contribution in [0.3, 0.4) is 0 Å². The highest BCUT2D eigenvalue weighted by Crippen LogP contribution is 2.31. The summed E-state index contributed by atoms with van der Waals surface area (Å²) in [5.41, 5.74) is 18.4. The first-order valence-electron chi connectivity index (χ1n) is 12.1. The fourth-order valence-electron chi connectivity index (χ4n) is 4.73. The van der Waals surface area contributed by atoms with E-state index in [1.165, 1.54) is 4.31 Å². The zero-order valence-electron chi connectivity index (χ0n) is 21.8. The molecule has 2 heterocycles. The lowest BCUT2D eigenvalue weighted by Crippen LogP contribution is -2.53. The monoisotopic (exact) mass is 537 g/mol. The summed E-state index contributed by atoms with van der Waals surface area (Å²) < 4.78 is 52.9. The Morgan fingerprint density at radius 1 is 0.838 bits per heavy atom. The molecule has 0 spiro atoms. The van der Waals surface area contributed by atoms with Crippen molar-refractivity contribution in [2.24, 2.45) is 10.2 Å². The maximum atomic E-state index is 13.8. The van der Waals surface area contributed by atoms with Crippen LogP contribution >= 0.6 is 0 Å². The van der Waals surface area contributed by atoms with Crippen molar-refractivity contribution in [3.05, 3.63) is 50.7 Å². The van der Waals surface area contributed by atoms with E-state index in [0.29, 0.717) is 12.8 Å². The molecule has 3 rings (SSSR count). The molecule has 2 aliphatic heterocycles. The smallest absolute Gasteiger partial charge is 0.243 e. The summed E-state index contributed by atoms with van der Waals surface area (Å²) in [7, 11) is -3.93. The topological polar surface area (TPSA) is 172 Å². The fraction of sp³-hybridized carbons (Fsp3) is 0.739. The summed E-state index contributed by atoms with van der Waals surface area (Å²) in [6.45, 7) is 9.16. The molecule has 1 aromatic rings. The largest absolute Gasteiger partial charge is 0.347 e. The third-order valence-corrected chi connectivity index (χ3v) is 7.87. The van der Waals surface area contributed by atoms with Gasteiger partial charge in [-0.3, -0.25) is 0 Å². The molecule has 4 atom stereocenters. The SMILES string of the molecule is Cc1ccc(S(=O)(=O)N(C[C@H]2C[C@@H](CN=[N+]=[N-])OC(C)(C)O2)C[C@H]2C[C@@H](CN=[N+]=[N-])OC(C)(C)O2)cc1. The molecule has 0 saturated carbocycles. The molecule has 0 amide bonds. The van der Waals surface area contributed by atoms with Crippen LogP contribution in [0.5, 0.6) is 0 Å². The van der Waals surface area contributed by atoms with Crippen molar-refractivity contribution in [2.45, 2.75) is 88.3 Å². The first kappa shape index (κ1) is 29.2. The van der Waals surface area contributed by atoms with Gasteiger partial charge in [-0.2, -0.15) is 4.31 Å². The van der Waals surface area contributed by atoms with Crippen molar-refractivity contribution in [2.75, 3.05) is 26.2 Å². The van der Waals surface area contributed by atoms with E-state index >= 15 is 0 Å². The zero-order chi connectivity index (χ0) is 27.3. The van der Waals surface area contributed by atoms with Crippen LogP contribution < -0.4 is 0 Å². The molecule has 2 aliphatic rings. The molecular weight excluding hydrogens is 502 g/mol. The number of sulfonamides is 1. The highest BCUT2D eigenvalue weighted by atomic mass is 32.2. The summed E-state index contributed by atoms with van der Waals surface area (Å²) in [6.07, 6.45) is -1.17. The van der Waals surface area contributed by atoms with Crippen LogP contribution in [-0.4, -0.2) is 74.9 Å². The quantitative estimate of drug-likeness (QED) is 0.243. The molecule has 0 aliphatic carbocycles. The molecule has 0 aromatic heterocycles. The van der Waals surface area contributed by atoms with Crippen LogP contribution in [0.4, 0.5) is 0 Å². The van der Waals surface area contributed by atoms with Crippen molar-refractivity contribution >= 4 is 10.0 Å². The van der Waals surface area contributed by atoms with E-state index in [2.05, 4.69) is 20.1 Å². The molecule has 204 valence electrons. The molecule has 0 unspecified atom stereocenters. The molecular formula is C23H35N7O6S. The maximum Gasteiger partial charge on any atom is 0.243 e. The third-order valence-electron chi connectivity index (χ3n) is 6.02. The molecule has 0 bridgehead atoms. The molecule has 0 radical (unpaired) electrons. The Morgan fingerprint density at radius 2 is 1.24 bits per heavy atom. The van der Waals surface area contributed by atoms with Crippen LogP contribution in [0.1, 0.15) is 46.1 Å². The van der Waals surface area contributed by atoms with Crippen molar-refractivity contribution in [1.29, 1.82) is 0 Å². The van der Waals surface area contributed by atoms with Crippen LogP contribution in [0.15, 0.2) is 39.4 Å². The van der Waals surface area contributed by atoms with E-state index in [4.69, 9.17) is 30.0 Å². The average Bonchev–Trinajstić information content (AvgIpc) is 2.79. The Kier molecular flexibility index (Phi) is 9.43. The Bertz CT molecular complexity index is 1080. The summed E-state index contributed by atoms with van der Waals surface area (Å²) in [5, 5.41) is 7.24. The Morgan fingerprint density at radius 3 is 1.65 bits per heavy atom. The minimum Gasteiger partial charge on any atom is -0.347 e. The van der Waals surface area contributed by atoms with E-state index in [0.717, 1.165) is 5.56 Å². The second-order valence-electron chi connectivity index (χ2n) is 10.2. The van der Waals surface area contributed by atoms with Gasteiger partial charge >= 0.3 is 0 Å². The number of benzene rings is 1. The van der Waals surface area contributed by atoms with E-state index in [9.17, 15) is 8.42 Å². The Hall–Kier alpha value is -2.41. The van der Waals surface area contributed by atoms with Crippen molar-refractivity contribution in [1.82, 2.24) is 4.31 Å². The van der Waals surface area contributed by atoms with Gasteiger partial charge in [-0.1, -0.05) is 27.9 Å². The minimum atomic E-state index is -3.93. The number of rotatable bonds is 10. The molecule has 0 N–H and O–H groups in total.